The van der Waals surface area contributed by atoms with E-state index in [9.17, 15) is 4.79 Å². The summed E-state index contributed by atoms with van der Waals surface area (Å²) in [7, 11) is 4.64. The number of amides is 1. The van der Waals surface area contributed by atoms with E-state index in [1.54, 1.807) is 44.5 Å². The maximum absolute atomic E-state index is 12.4. The fourth-order valence-corrected chi connectivity index (χ4v) is 3.03. The van der Waals surface area contributed by atoms with Crippen molar-refractivity contribution in [2.75, 3.05) is 21.3 Å². The maximum atomic E-state index is 12.4. The van der Waals surface area contributed by atoms with Gasteiger partial charge in [0.25, 0.3) is 0 Å². The Hall–Kier alpha value is -3.55. The number of rotatable bonds is 9. The van der Waals surface area contributed by atoms with Crippen LogP contribution in [0.5, 0.6) is 17.2 Å². The predicted molar refractivity (Wildman–Crippen MR) is 107 cm³/mol. The van der Waals surface area contributed by atoms with Crippen molar-refractivity contribution in [2.45, 2.75) is 19.5 Å². The first-order valence-corrected chi connectivity index (χ1v) is 9.08. The lowest BCUT2D eigenvalue weighted by Gasteiger charge is -2.14. The highest BCUT2D eigenvalue weighted by atomic mass is 16.5. The average molecular weight is 396 g/mol. The van der Waals surface area contributed by atoms with Crippen LogP contribution < -0.4 is 19.5 Å². The van der Waals surface area contributed by atoms with Gasteiger partial charge in [-0.1, -0.05) is 24.3 Å². The largest absolute Gasteiger partial charge is 0.493 e. The minimum Gasteiger partial charge on any atom is -0.493 e. The van der Waals surface area contributed by atoms with Crippen LogP contribution in [-0.2, 0) is 24.3 Å². The molecule has 3 aromatic rings. The Bertz CT molecular complexity index is 932. The normalized spacial score (nSPS) is 10.4. The molecule has 0 bridgehead atoms. The standard InChI is InChI=1S/C21H24N4O4/c1-27-18-8-17(9-19(28-2)21(18)29-3)10-20(26)23-11-15-5-4-6-16(7-15)12-25-14-22-13-24-25/h4-9,13-14H,10-12H2,1-3H3,(H,23,26). The van der Waals surface area contributed by atoms with Crippen molar-refractivity contribution in [3.05, 3.63) is 65.7 Å². The number of ether oxygens (including phenoxy) is 3. The molecule has 1 N–H and O–H groups in total. The van der Waals surface area contributed by atoms with Crippen LogP contribution in [0, 0.1) is 0 Å². The zero-order valence-electron chi connectivity index (χ0n) is 16.7. The molecule has 8 heteroatoms. The van der Waals surface area contributed by atoms with Crippen molar-refractivity contribution < 1.29 is 19.0 Å². The van der Waals surface area contributed by atoms with Crippen molar-refractivity contribution in [1.29, 1.82) is 0 Å². The van der Waals surface area contributed by atoms with E-state index < -0.39 is 0 Å². The third kappa shape index (κ3) is 5.25. The summed E-state index contributed by atoms with van der Waals surface area (Å²) in [5.41, 5.74) is 2.88. The number of benzene rings is 2. The molecular weight excluding hydrogens is 372 g/mol. The van der Waals surface area contributed by atoms with E-state index in [4.69, 9.17) is 14.2 Å². The molecule has 0 radical (unpaired) electrons. The second kappa shape index (κ2) is 9.59. The number of hydrogen-bond acceptors (Lipinski definition) is 6. The van der Waals surface area contributed by atoms with E-state index >= 15 is 0 Å². The highest BCUT2D eigenvalue weighted by molar-refractivity contribution is 5.79. The topological polar surface area (TPSA) is 87.5 Å². The van der Waals surface area contributed by atoms with E-state index in [0.717, 1.165) is 16.7 Å². The van der Waals surface area contributed by atoms with E-state index in [1.807, 2.05) is 24.3 Å². The molecule has 0 fully saturated rings. The second-order valence-electron chi connectivity index (χ2n) is 6.40. The van der Waals surface area contributed by atoms with Gasteiger partial charge in [-0.05, 0) is 28.8 Å². The van der Waals surface area contributed by atoms with Crippen molar-refractivity contribution in [3.8, 4) is 17.2 Å². The highest BCUT2D eigenvalue weighted by Gasteiger charge is 2.15. The van der Waals surface area contributed by atoms with Crippen molar-refractivity contribution in [1.82, 2.24) is 20.1 Å². The monoisotopic (exact) mass is 396 g/mol. The molecule has 2 aromatic carbocycles. The SMILES string of the molecule is COc1cc(CC(=O)NCc2cccc(Cn3cncn3)c2)cc(OC)c1OC. The summed E-state index contributed by atoms with van der Waals surface area (Å²) in [6.45, 7) is 1.07. The van der Waals surface area contributed by atoms with E-state index in [1.165, 1.54) is 6.33 Å². The van der Waals surface area contributed by atoms with Crippen LogP contribution in [0.25, 0.3) is 0 Å². The molecule has 0 unspecified atom stereocenters. The fourth-order valence-electron chi connectivity index (χ4n) is 3.03. The maximum Gasteiger partial charge on any atom is 0.224 e. The number of methoxy groups -OCH3 is 3. The van der Waals surface area contributed by atoms with Gasteiger partial charge in [0.1, 0.15) is 12.7 Å². The lowest BCUT2D eigenvalue weighted by Crippen LogP contribution is -2.24. The van der Waals surface area contributed by atoms with Gasteiger partial charge in [-0.2, -0.15) is 5.10 Å². The Morgan fingerprint density at radius 1 is 1.00 bits per heavy atom. The first kappa shape index (κ1) is 20.2. The number of hydrogen-bond donors (Lipinski definition) is 1. The zero-order valence-corrected chi connectivity index (χ0v) is 16.7. The summed E-state index contributed by atoms with van der Waals surface area (Å²) in [6, 6.07) is 11.6. The van der Waals surface area contributed by atoms with Gasteiger partial charge >= 0.3 is 0 Å². The molecule has 1 amide bonds. The third-order valence-electron chi connectivity index (χ3n) is 4.38. The third-order valence-corrected chi connectivity index (χ3v) is 4.38. The average Bonchev–Trinajstić information content (AvgIpc) is 3.24. The first-order valence-electron chi connectivity index (χ1n) is 9.08. The summed E-state index contributed by atoms with van der Waals surface area (Å²) in [5.74, 6) is 1.45. The van der Waals surface area contributed by atoms with Crippen LogP contribution >= 0.6 is 0 Å². The summed E-state index contributed by atoms with van der Waals surface area (Å²) >= 11 is 0. The molecule has 3 rings (SSSR count). The summed E-state index contributed by atoms with van der Waals surface area (Å²) in [5, 5.41) is 7.06. The van der Waals surface area contributed by atoms with Crippen LogP contribution in [0.15, 0.2) is 49.1 Å². The van der Waals surface area contributed by atoms with Crippen LogP contribution in [0.3, 0.4) is 0 Å². The van der Waals surface area contributed by atoms with Gasteiger partial charge in [0, 0.05) is 6.54 Å². The van der Waals surface area contributed by atoms with Gasteiger partial charge in [0.05, 0.1) is 34.3 Å². The van der Waals surface area contributed by atoms with Gasteiger partial charge < -0.3 is 19.5 Å². The van der Waals surface area contributed by atoms with Crippen molar-refractivity contribution in [3.63, 3.8) is 0 Å². The molecule has 0 aliphatic carbocycles. The van der Waals surface area contributed by atoms with Gasteiger partial charge in [-0.3, -0.25) is 4.79 Å². The molecule has 8 nitrogen and oxygen atoms in total. The fraction of sp³-hybridized carbons (Fsp3) is 0.286. The molecule has 29 heavy (non-hydrogen) atoms. The number of aromatic nitrogens is 3. The molecule has 0 spiro atoms. The molecule has 1 aromatic heterocycles. The predicted octanol–water partition coefficient (Wildman–Crippen LogP) is 2.21. The molecule has 0 aliphatic rings. The molecule has 1 heterocycles. The second-order valence-corrected chi connectivity index (χ2v) is 6.40. The van der Waals surface area contributed by atoms with E-state index in [0.29, 0.717) is 30.3 Å². The Morgan fingerprint density at radius 3 is 2.34 bits per heavy atom. The lowest BCUT2D eigenvalue weighted by atomic mass is 10.1. The van der Waals surface area contributed by atoms with E-state index in [2.05, 4.69) is 15.4 Å². The summed E-state index contributed by atoms with van der Waals surface area (Å²) < 4.78 is 17.7. The van der Waals surface area contributed by atoms with Crippen LogP contribution in [-0.4, -0.2) is 42.0 Å². The number of nitrogens with one attached hydrogen (secondary N) is 1. The Balaban J connectivity index is 1.61. The molecule has 152 valence electrons. The first-order chi connectivity index (χ1) is 14.1. The van der Waals surface area contributed by atoms with Crippen LogP contribution in [0.4, 0.5) is 0 Å². The Labute approximate surface area is 169 Å². The van der Waals surface area contributed by atoms with Gasteiger partial charge in [0.2, 0.25) is 11.7 Å². The number of carbonyl (C=O) groups excluding carboxylic acids is 1. The van der Waals surface area contributed by atoms with Gasteiger partial charge in [-0.15, -0.1) is 0 Å². The van der Waals surface area contributed by atoms with Crippen molar-refractivity contribution in [2.24, 2.45) is 0 Å². The summed E-state index contributed by atoms with van der Waals surface area (Å²) in [4.78, 5) is 16.4. The Morgan fingerprint density at radius 2 is 1.72 bits per heavy atom. The van der Waals surface area contributed by atoms with Crippen LogP contribution in [0.2, 0.25) is 0 Å². The number of carbonyl (C=O) groups is 1. The number of nitrogens with zero attached hydrogens (tertiary/aromatic N) is 3. The minimum absolute atomic E-state index is 0.0963. The lowest BCUT2D eigenvalue weighted by molar-refractivity contribution is -0.120. The van der Waals surface area contributed by atoms with Crippen molar-refractivity contribution >= 4 is 5.91 Å². The molecular formula is C21H24N4O4. The highest BCUT2D eigenvalue weighted by Crippen LogP contribution is 2.38. The minimum atomic E-state index is -0.0963. The van der Waals surface area contributed by atoms with Gasteiger partial charge in [-0.25, -0.2) is 9.67 Å². The molecule has 0 aliphatic heterocycles. The molecule has 0 saturated heterocycles. The molecule has 0 atom stereocenters. The zero-order chi connectivity index (χ0) is 20.6. The van der Waals surface area contributed by atoms with Gasteiger partial charge in [0.15, 0.2) is 11.5 Å². The van der Waals surface area contributed by atoms with Crippen LogP contribution in [0.1, 0.15) is 16.7 Å². The Kier molecular flexibility index (Phi) is 6.67. The summed E-state index contributed by atoms with van der Waals surface area (Å²) in [6.07, 6.45) is 3.38. The smallest absolute Gasteiger partial charge is 0.224 e. The van der Waals surface area contributed by atoms with E-state index in [-0.39, 0.29) is 12.3 Å². The molecule has 0 saturated carbocycles. The quantitative estimate of drug-likeness (QED) is 0.597.